The molecule has 32 heavy (non-hydrogen) atoms. The van der Waals surface area contributed by atoms with Gasteiger partial charge in [0.2, 0.25) is 5.89 Å². The molecule has 0 spiro atoms. The van der Waals surface area contributed by atoms with Crippen LogP contribution in [0.5, 0.6) is 0 Å². The lowest BCUT2D eigenvalue weighted by molar-refractivity contribution is -0.149. The third-order valence-corrected chi connectivity index (χ3v) is 5.72. The number of carboxylic acid groups (broad SMARTS) is 1. The second-order valence-corrected chi connectivity index (χ2v) is 7.95. The minimum atomic E-state index is -0.932. The molecule has 0 saturated heterocycles. The summed E-state index contributed by atoms with van der Waals surface area (Å²) in [6.07, 6.45) is 0.290. The lowest BCUT2D eigenvalue weighted by atomic mass is 10.1. The van der Waals surface area contributed by atoms with E-state index in [1.807, 2.05) is 50.2 Å². The van der Waals surface area contributed by atoms with E-state index in [9.17, 15) is 9.90 Å². The van der Waals surface area contributed by atoms with Crippen molar-refractivity contribution in [1.82, 2.24) is 9.55 Å². The molecule has 1 N–H and O–H groups in total. The topological polar surface area (TPSA) is 77.5 Å². The second kappa shape index (κ2) is 9.40. The molecular weight excluding hydrogens is 404 g/mol. The van der Waals surface area contributed by atoms with Gasteiger partial charge >= 0.3 is 5.97 Å². The Morgan fingerprint density at radius 2 is 1.94 bits per heavy atom. The van der Waals surface area contributed by atoms with E-state index in [2.05, 4.69) is 29.7 Å². The standard InChI is InChI=1S/C26H28N2O4/c1-4-31-24(26(29)30)16-19-10-11-23-21(15-19)14-17(2)28(23)13-12-22-18(3)32-25(27-22)20-8-6-5-7-9-20/h5-11,14-15,24H,4,12-13,16H2,1-3H3,(H,29,30). The highest BCUT2D eigenvalue weighted by Gasteiger charge is 2.19. The molecule has 2 aromatic heterocycles. The first-order valence-corrected chi connectivity index (χ1v) is 10.9. The summed E-state index contributed by atoms with van der Waals surface area (Å²) in [6, 6.07) is 18.2. The summed E-state index contributed by atoms with van der Waals surface area (Å²) in [6.45, 7) is 7.01. The molecular formula is C26H28N2O4. The molecule has 0 aliphatic heterocycles. The van der Waals surface area contributed by atoms with Crippen molar-refractivity contribution in [3.05, 3.63) is 77.3 Å². The number of carbonyl (C=O) groups is 1. The quantitative estimate of drug-likeness (QED) is 0.394. The van der Waals surface area contributed by atoms with Gasteiger partial charge in [-0.05, 0) is 56.7 Å². The van der Waals surface area contributed by atoms with Crippen molar-refractivity contribution in [2.75, 3.05) is 6.61 Å². The SMILES string of the molecule is CCOC(Cc1ccc2c(c1)cc(C)n2CCc1nc(-c2ccccc2)oc1C)C(=O)O. The average Bonchev–Trinajstić information content (AvgIpc) is 3.30. The van der Waals surface area contributed by atoms with Crippen LogP contribution in [0, 0.1) is 13.8 Å². The van der Waals surface area contributed by atoms with Crippen molar-refractivity contribution in [3.63, 3.8) is 0 Å². The maximum atomic E-state index is 11.4. The van der Waals surface area contributed by atoms with Gasteiger partial charge in [-0.15, -0.1) is 0 Å². The predicted molar refractivity (Wildman–Crippen MR) is 124 cm³/mol. The number of hydrogen-bond donors (Lipinski definition) is 1. The average molecular weight is 433 g/mol. The van der Waals surface area contributed by atoms with E-state index < -0.39 is 12.1 Å². The first-order valence-electron chi connectivity index (χ1n) is 10.9. The number of ether oxygens (including phenoxy) is 1. The minimum Gasteiger partial charge on any atom is -0.479 e. The maximum absolute atomic E-state index is 11.4. The van der Waals surface area contributed by atoms with Crippen molar-refractivity contribution in [1.29, 1.82) is 0 Å². The summed E-state index contributed by atoms with van der Waals surface area (Å²) in [5.74, 6) is 0.563. The molecule has 4 rings (SSSR count). The number of aromatic nitrogens is 2. The van der Waals surface area contributed by atoms with Crippen molar-refractivity contribution in [2.45, 2.75) is 46.3 Å². The fraction of sp³-hybridized carbons (Fsp3) is 0.308. The fourth-order valence-electron chi connectivity index (χ4n) is 4.10. The Balaban J connectivity index is 1.52. The van der Waals surface area contributed by atoms with Crippen LogP contribution in [0.2, 0.25) is 0 Å². The van der Waals surface area contributed by atoms with Crippen LogP contribution in [0.15, 0.2) is 59.0 Å². The van der Waals surface area contributed by atoms with Gasteiger partial charge in [-0.25, -0.2) is 9.78 Å². The summed E-state index contributed by atoms with van der Waals surface area (Å²) >= 11 is 0. The molecule has 4 aromatic rings. The molecule has 2 heterocycles. The number of benzene rings is 2. The molecule has 0 saturated carbocycles. The van der Waals surface area contributed by atoms with E-state index in [1.54, 1.807) is 0 Å². The van der Waals surface area contributed by atoms with Gasteiger partial charge in [0.15, 0.2) is 6.10 Å². The Morgan fingerprint density at radius 1 is 1.16 bits per heavy atom. The van der Waals surface area contributed by atoms with E-state index in [0.29, 0.717) is 18.9 Å². The van der Waals surface area contributed by atoms with Crippen LogP contribution in [0.4, 0.5) is 0 Å². The number of aliphatic carboxylic acids is 1. The number of hydrogen-bond acceptors (Lipinski definition) is 4. The molecule has 0 radical (unpaired) electrons. The zero-order chi connectivity index (χ0) is 22.7. The zero-order valence-corrected chi connectivity index (χ0v) is 18.7. The normalized spacial score (nSPS) is 12.3. The lowest BCUT2D eigenvalue weighted by Gasteiger charge is -2.13. The van der Waals surface area contributed by atoms with Gasteiger partial charge in [0.1, 0.15) is 5.76 Å². The number of nitrogens with zero attached hydrogens (tertiary/aromatic N) is 2. The summed E-state index contributed by atoms with van der Waals surface area (Å²) in [4.78, 5) is 16.1. The number of aryl methyl sites for hydroxylation is 4. The molecule has 1 atom stereocenters. The third kappa shape index (κ3) is 4.60. The van der Waals surface area contributed by atoms with Crippen LogP contribution in [0.25, 0.3) is 22.4 Å². The largest absolute Gasteiger partial charge is 0.479 e. The van der Waals surface area contributed by atoms with Crippen LogP contribution in [-0.2, 0) is 28.9 Å². The summed E-state index contributed by atoms with van der Waals surface area (Å²) in [5.41, 5.74) is 5.17. The van der Waals surface area contributed by atoms with E-state index >= 15 is 0 Å². The number of fused-ring (bicyclic) bond motifs is 1. The van der Waals surface area contributed by atoms with Gasteiger partial charge in [-0.3, -0.25) is 0 Å². The highest BCUT2D eigenvalue weighted by molar-refractivity contribution is 5.82. The number of rotatable bonds is 9. The van der Waals surface area contributed by atoms with Gasteiger partial charge in [0, 0.05) is 48.2 Å². The van der Waals surface area contributed by atoms with Crippen molar-refractivity contribution >= 4 is 16.9 Å². The smallest absolute Gasteiger partial charge is 0.333 e. The number of carboxylic acids is 1. The van der Waals surface area contributed by atoms with Crippen molar-refractivity contribution < 1.29 is 19.1 Å². The molecule has 0 amide bonds. The van der Waals surface area contributed by atoms with Crippen LogP contribution >= 0.6 is 0 Å². The first kappa shape index (κ1) is 21.8. The molecule has 0 aliphatic carbocycles. The first-order chi connectivity index (χ1) is 15.5. The minimum absolute atomic E-state index is 0.351. The summed E-state index contributed by atoms with van der Waals surface area (Å²) < 4.78 is 13.5. The highest BCUT2D eigenvalue weighted by atomic mass is 16.5. The zero-order valence-electron chi connectivity index (χ0n) is 18.7. The molecule has 166 valence electrons. The van der Waals surface area contributed by atoms with Crippen molar-refractivity contribution in [3.8, 4) is 11.5 Å². The molecule has 0 aliphatic rings. The lowest BCUT2D eigenvalue weighted by Crippen LogP contribution is -2.26. The molecule has 0 fully saturated rings. The highest BCUT2D eigenvalue weighted by Crippen LogP contribution is 2.25. The van der Waals surface area contributed by atoms with E-state index in [4.69, 9.17) is 14.1 Å². The van der Waals surface area contributed by atoms with Crippen LogP contribution in [0.3, 0.4) is 0 Å². The Labute approximate surface area is 187 Å². The molecule has 2 aromatic carbocycles. The Kier molecular flexibility index (Phi) is 6.42. The number of oxazole rings is 1. The van der Waals surface area contributed by atoms with E-state index in [0.717, 1.165) is 52.1 Å². The summed E-state index contributed by atoms with van der Waals surface area (Å²) in [7, 11) is 0. The van der Waals surface area contributed by atoms with E-state index in [-0.39, 0.29) is 0 Å². The Hall–Kier alpha value is -3.38. The summed E-state index contributed by atoms with van der Waals surface area (Å²) in [5, 5.41) is 10.5. The van der Waals surface area contributed by atoms with Gasteiger partial charge < -0.3 is 18.8 Å². The third-order valence-electron chi connectivity index (χ3n) is 5.72. The fourth-order valence-corrected chi connectivity index (χ4v) is 4.10. The van der Waals surface area contributed by atoms with Gasteiger partial charge in [-0.1, -0.05) is 24.3 Å². The van der Waals surface area contributed by atoms with Crippen LogP contribution in [-0.4, -0.2) is 33.3 Å². The van der Waals surface area contributed by atoms with Gasteiger partial charge in [-0.2, -0.15) is 0 Å². The van der Waals surface area contributed by atoms with Crippen LogP contribution in [0.1, 0.15) is 29.6 Å². The molecule has 6 heteroatoms. The molecule has 6 nitrogen and oxygen atoms in total. The molecule has 1 unspecified atom stereocenters. The van der Waals surface area contributed by atoms with Crippen molar-refractivity contribution in [2.24, 2.45) is 0 Å². The molecule has 0 bridgehead atoms. The van der Waals surface area contributed by atoms with Gasteiger partial charge in [0.25, 0.3) is 0 Å². The monoisotopic (exact) mass is 432 g/mol. The second-order valence-electron chi connectivity index (χ2n) is 7.95. The predicted octanol–water partition coefficient (Wildman–Crippen LogP) is 5.19. The van der Waals surface area contributed by atoms with Crippen LogP contribution < -0.4 is 0 Å². The maximum Gasteiger partial charge on any atom is 0.333 e. The Morgan fingerprint density at radius 3 is 2.66 bits per heavy atom. The van der Waals surface area contributed by atoms with Gasteiger partial charge in [0.05, 0.1) is 5.69 Å². The Bertz CT molecular complexity index is 1220. The van der Waals surface area contributed by atoms with E-state index in [1.165, 1.54) is 0 Å².